The molecule has 0 saturated heterocycles. The molecule has 3 aliphatic carbocycles. The predicted octanol–water partition coefficient (Wildman–Crippen LogP) is 2.14. The lowest BCUT2D eigenvalue weighted by Crippen LogP contribution is -2.75. The smallest absolute Gasteiger partial charge is 0.271 e. The molecule has 0 heterocycles. The van der Waals surface area contributed by atoms with E-state index in [-0.39, 0.29) is 29.8 Å². The molecule has 0 radical (unpaired) electrons. The van der Waals surface area contributed by atoms with Crippen molar-refractivity contribution in [2.45, 2.75) is 43.8 Å². The zero-order chi connectivity index (χ0) is 9.74. The van der Waals surface area contributed by atoms with Gasteiger partial charge in [-0.15, -0.1) is 12.4 Å². The van der Waals surface area contributed by atoms with E-state index in [0.717, 1.165) is 19.3 Å². The molecule has 0 atom stereocenters. The van der Waals surface area contributed by atoms with Gasteiger partial charge in [0.25, 0.3) is 0 Å². The number of hydrazine groups is 1. The lowest BCUT2D eigenvalue weighted by molar-refractivity contribution is -0.192. The summed E-state index contributed by atoms with van der Waals surface area (Å²) >= 11 is 0. The fraction of sp³-hybridized carbons (Fsp3) is 1.00. The van der Waals surface area contributed by atoms with Crippen molar-refractivity contribution in [1.82, 2.24) is 5.43 Å². The number of nitrogens with one attached hydrogen (secondary N) is 1. The van der Waals surface area contributed by atoms with E-state index in [0.29, 0.717) is 0 Å². The van der Waals surface area contributed by atoms with Gasteiger partial charge in [-0.25, -0.2) is 0 Å². The van der Waals surface area contributed by atoms with Crippen LogP contribution >= 0.6 is 12.4 Å². The molecule has 0 aromatic heterocycles. The predicted molar refractivity (Wildman–Crippen MR) is 48.9 cm³/mol. The van der Waals surface area contributed by atoms with Gasteiger partial charge in [0.1, 0.15) is 0 Å². The van der Waals surface area contributed by atoms with Gasteiger partial charge < -0.3 is 0 Å². The van der Waals surface area contributed by atoms with Crippen molar-refractivity contribution in [3.63, 3.8) is 0 Å². The summed E-state index contributed by atoms with van der Waals surface area (Å²) in [4.78, 5) is 0. The summed E-state index contributed by atoms with van der Waals surface area (Å²) < 4.78 is 35.7. The highest BCUT2D eigenvalue weighted by atomic mass is 35.5. The monoisotopic (exact) mass is 230 g/mol. The first kappa shape index (κ1) is 12.1. The normalized spacial score (nSPS) is 39.4. The summed E-state index contributed by atoms with van der Waals surface area (Å²) in [6.07, 6.45) is -1.89. The van der Waals surface area contributed by atoms with Gasteiger partial charge in [0.05, 0.1) is 0 Å². The summed E-state index contributed by atoms with van der Waals surface area (Å²) in [6, 6.07) is 0. The number of hydrogen-bond acceptors (Lipinski definition) is 2. The van der Waals surface area contributed by atoms with E-state index >= 15 is 0 Å². The largest absolute Gasteiger partial charge is 0.389 e. The van der Waals surface area contributed by atoms with Crippen LogP contribution in [0.3, 0.4) is 0 Å². The van der Waals surface area contributed by atoms with Crippen molar-refractivity contribution < 1.29 is 13.2 Å². The first-order chi connectivity index (χ1) is 5.89. The Morgan fingerprint density at radius 1 is 1.21 bits per heavy atom. The second-order valence-electron chi connectivity index (χ2n) is 4.57. The zero-order valence-corrected chi connectivity index (χ0v) is 8.47. The van der Waals surface area contributed by atoms with Crippen molar-refractivity contribution in [3.05, 3.63) is 0 Å². The van der Waals surface area contributed by atoms with Gasteiger partial charge in [0, 0.05) is 12.0 Å². The number of halogens is 4. The first-order valence-electron chi connectivity index (χ1n) is 4.43. The van der Waals surface area contributed by atoms with Gasteiger partial charge >= 0.3 is 6.18 Å². The molecule has 2 bridgehead atoms. The first-order valence-corrected chi connectivity index (χ1v) is 4.43. The molecule has 0 spiro atoms. The number of nitrogens with two attached hydrogens (primary N) is 1. The minimum absolute atomic E-state index is 0. The molecule has 3 rings (SSSR count). The van der Waals surface area contributed by atoms with Gasteiger partial charge in [0.2, 0.25) is 0 Å². The maximum atomic E-state index is 11.9. The fourth-order valence-corrected chi connectivity index (χ4v) is 2.82. The van der Waals surface area contributed by atoms with Crippen LogP contribution < -0.4 is 11.3 Å². The molecule has 14 heavy (non-hydrogen) atoms. The quantitative estimate of drug-likeness (QED) is 0.576. The second kappa shape index (κ2) is 3.25. The Bertz CT molecular complexity index is 209. The van der Waals surface area contributed by atoms with E-state index in [4.69, 9.17) is 5.84 Å². The van der Waals surface area contributed by atoms with E-state index in [2.05, 4.69) is 5.43 Å². The van der Waals surface area contributed by atoms with Gasteiger partial charge in [-0.05, 0) is 31.1 Å². The Balaban J connectivity index is 0.000000980. The fourth-order valence-electron chi connectivity index (χ4n) is 2.82. The minimum atomic E-state index is -4.00. The molecule has 3 N–H and O–H groups in total. The van der Waals surface area contributed by atoms with Crippen LogP contribution in [0.5, 0.6) is 0 Å². The summed E-state index contributed by atoms with van der Waals surface area (Å²) in [5, 5.41) is 0. The van der Waals surface area contributed by atoms with Crippen molar-refractivity contribution >= 4 is 12.4 Å². The molecule has 0 aromatic carbocycles. The van der Waals surface area contributed by atoms with Gasteiger partial charge in [-0.3, -0.25) is 11.3 Å². The molecular formula is C8H14ClF3N2. The SMILES string of the molecule is Cl.NNC12CC(CCC(F)(F)F)(C1)C2. The van der Waals surface area contributed by atoms with Gasteiger partial charge in [-0.2, -0.15) is 13.2 Å². The Labute approximate surface area is 86.8 Å². The molecule has 3 aliphatic rings. The second-order valence-corrected chi connectivity index (χ2v) is 4.57. The molecule has 0 unspecified atom stereocenters. The van der Waals surface area contributed by atoms with Gasteiger partial charge in [0.15, 0.2) is 0 Å². The molecule has 0 amide bonds. The number of rotatable bonds is 3. The van der Waals surface area contributed by atoms with Crippen LogP contribution in [-0.2, 0) is 0 Å². The van der Waals surface area contributed by atoms with Crippen LogP contribution in [0.2, 0.25) is 0 Å². The third-order valence-corrected chi connectivity index (χ3v) is 3.39. The molecule has 0 aromatic rings. The molecule has 3 fully saturated rings. The highest BCUT2D eigenvalue weighted by Gasteiger charge is 2.67. The topological polar surface area (TPSA) is 38.0 Å². The van der Waals surface area contributed by atoms with Crippen LogP contribution in [0.25, 0.3) is 0 Å². The zero-order valence-electron chi connectivity index (χ0n) is 7.66. The maximum absolute atomic E-state index is 11.9. The highest BCUT2D eigenvalue weighted by molar-refractivity contribution is 5.85. The third-order valence-electron chi connectivity index (χ3n) is 3.39. The van der Waals surface area contributed by atoms with E-state index in [1.54, 1.807) is 0 Å². The Hall–Kier alpha value is -0.0000000000000000555. The average Bonchev–Trinajstić information content (AvgIpc) is 1.79. The van der Waals surface area contributed by atoms with Crippen molar-refractivity contribution in [1.29, 1.82) is 0 Å². The van der Waals surface area contributed by atoms with E-state index in [1.807, 2.05) is 0 Å². The van der Waals surface area contributed by atoms with Crippen molar-refractivity contribution in [2.75, 3.05) is 0 Å². The van der Waals surface area contributed by atoms with Crippen LogP contribution in [0, 0.1) is 5.41 Å². The lowest BCUT2D eigenvalue weighted by Gasteiger charge is -2.70. The van der Waals surface area contributed by atoms with Gasteiger partial charge in [-0.1, -0.05) is 0 Å². The Kier molecular flexibility index (Phi) is 2.80. The maximum Gasteiger partial charge on any atom is 0.389 e. The summed E-state index contributed by atoms with van der Waals surface area (Å²) in [5.41, 5.74) is 2.66. The third kappa shape index (κ3) is 1.85. The Morgan fingerprint density at radius 2 is 1.71 bits per heavy atom. The standard InChI is InChI=1S/C8H13F3N2.ClH/c9-8(10,11)2-1-6-3-7(4-6,5-6)13-12;/h13H,1-5,12H2;1H. The summed E-state index contributed by atoms with van der Waals surface area (Å²) in [6.45, 7) is 0. The molecule has 3 saturated carbocycles. The van der Waals surface area contributed by atoms with Crippen LogP contribution in [-0.4, -0.2) is 11.7 Å². The number of alkyl halides is 3. The lowest BCUT2D eigenvalue weighted by atomic mass is 9.38. The highest BCUT2D eigenvalue weighted by Crippen LogP contribution is 2.69. The molecule has 84 valence electrons. The minimum Gasteiger partial charge on any atom is -0.271 e. The van der Waals surface area contributed by atoms with Crippen LogP contribution in [0.4, 0.5) is 13.2 Å². The van der Waals surface area contributed by atoms with Crippen LogP contribution in [0.1, 0.15) is 32.1 Å². The van der Waals surface area contributed by atoms with Crippen LogP contribution in [0.15, 0.2) is 0 Å². The summed E-state index contributed by atoms with van der Waals surface area (Å²) in [7, 11) is 0. The van der Waals surface area contributed by atoms with E-state index in [9.17, 15) is 13.2 Å². The van der Waals surface area contributed by atoms with Crippen molar-refractivity contribution in [3.8, 4) is 0 Å². The molecule has 2 nitrogen and oxygen atoms in total. The Morgan fingerprint density at radius 3 is 2.07 bits per heavy atom. The van der Waals surface area contributed by atoms with E-state index in [1.165, 1.54) is 0 Å². The number of hydrogen-bond donors (Lipinski definition) is 2. The molecule has 0 aliphatic heterocycles. The molecular weight excluding hydrogens is 217 g/mol. The van der Waals surface area contributed by atoms with Crippen molar-refractivity contribution in [2.24, 2.45) is 11.3 Å². The average molecular weight is 231 g/mol. The molecule has 6 heteroatoms. The summed E-state index contributed by atoms with van der Waals surface area (Å²) in [5.74, 6) is 5.27. The van der Waals surface area contributed by atoms with E-state index < -0.39 is 12.6 Å².